The van der Waals surface area contributed by atoms with Crippen LogP contribution in [0, 0.1) is 0 Å². The highest BCUT2D eigenvalue weighted by Gasteiger charge is 2.31. The minimum atomic E-state index is -0.593. The lowest BCUT2D eigenvalue weighted by molar-refractivity contribution is -0.902. The molecule has 28 heavy (non-hydrogen) atoms. The molecule has 7 nitrogen and oxygen atoms in total. The minimum absolute atomic E-state index is 0.0217. The van der Waals surface area contributed by atoms with Crippen LogP contribution in [-0.4, -0.2) is 52.7 Å². The van der Waals surface area contributed by atoms with Gasteiger partial charge in [-0.1, -0.05) is 26.0 Å². The fourth-order valence-corrected chi connectivity index (χ4v) is 4.13. The van der Waals surface area contributed by atoms with E-state index in [-0.39, 0.29) is 17.2 Å². The van der Waals surface area contributed by atoms with Crippen LogP contribution in [0.15, 0.2) is 33.9 Å². The Balaban J connectivity index is 2.08. The van der Waals surface area contributed by atoms with Crippen LogP contribution in [-0.2, 0) is 11.3 Å². The first-order chi connectivity index (χ1) is 13.5. The van der Waals surface area contributed by atoms with Crippen LogP contribution in [0.5, 0.6) is 0 Å². The Bertz CT molecular complexity index is 954. The Kier molecular flexibility index (Phi) is 6.34. The van der Waals surface area contributed by atoms with Gasteiger partial charge in [0.05, 0.1) is 43.6 Å². The van der Waals surface area contributed by atoms with Gasteiger partial charge >= 0.3 is 5.69 Å². The summed E-state index contributed by atoms with van der Waals surface area (Å²) in [5.74, 6) is -0.0217. The van der Waals surface area contributed by atoms with E-state index in [0.717, 1.165) is 19.6 Å². The maximum absolute atomic E-state index is 13.3. The fraction of sp³-hybridized carbons (Fsp3) is 0.571. The number of carbonyl (C=O) groups is 1. The first-order valence-electron chi connectivity index (χ1n) is 10.4. The van der Waals surface area contributed by atoms with Gasteiger partial charge in [-0.15, -0.1) is 0 Å². The van der Waals surface area contributed by atoms with E-state index in [9.17, 15) is 14.4 Å². The first kappa shape index (κ1) is 20.3. The summed E-state index contributed by atoms with van der Waals surface area (Å²) in [6.07, 6.45) is 1.19. The molecule has 0 radical (unpaired) electrons. The number of rotatable bonds is 6. The standard InChI is InChI=1S/C21H30N4O3/c1-4-11-24-19(26)16-9-7-8-10-18(16)25(21(24)28)17(5-2)20(27)23-14-12-22(6-3)13-15-23/h7-10,17H,4-6,11-15H2,1-3H3/p+1/t17-/m1/s1. The summed E-state index contributed by atoms with van der Waals surface area (Å²) in [4.78, 5) is 42.7. The van der Waals surface area contributed by atoms with Crippen LogP contribution < -0.4 is 16.1 Å². The van der Waals surface area contributed by atoms with E-state index in [2.05, 4.69) is 6.92 Å². The van der Waals surface area contributed by atoms with Crippen molar-refractivity contribution in [2.45, 2.75) is 46.2 Å². The predicted molar refractivity (Wildman–Crippen MR) is 110 cm³/mol. The number of quaternary nitrogens is 1. The number of piperazine rings is 1. The Hall–Kier alpha value is -2.41. The number of aromatic nitrogens is 2. The van der Waals surface area contributed by atoms with Gasteiger partial charge in [0.2, 0.25) is 5.91 Å². The molecule has 0 bridgehead atoms. The number of fused-ring (bicyclic) bond motifs is 1. The summed E-state index contributed by atoms with van der Waals surface area (Å²) in [5, 5.41) is 0.488. The minimum Gasteiger partial charge on any atom is -0.332 e. The van der Waals surface area contributed by atoms with Gasteiger partial charge in [0.1, 0.15) is 6.04 Å². The van der Waals surface area contributed by atoms with E-state index >= 15 is 0 Å². The number of benzene rings is 1. The van der Waals surface area contributed by atoms with Crippen LogP contribution in [0.25, 0.3) is 10.9 Å². The predicted octanol–water partition coefficient (Wildman–Crippen LogP) is 0.271. The molecule has 3 rings (SSSR count). The van der Waals surface area contributed by atoms with Crippen molar-refractivity contribution in [1.82, 2.24) is 14.0 Å². The van der Waals surface area contributed by atoms with Gasteiger partial charge in [0.15, 0.2) is 0 Å². The molecular weight excluding hydrogens is 356 g/mol. The molecule has 0 saturated carbocycles. The molecule has 2 aromatic rings. The summed E-state index contributed by atoms with van der Waals surface area (Å²) in [6, 6.07) is 6.51. The number of para-hydroxylation sites is 1. The molecule has 0 spiro atoms. The van der Waals surface area contributed by atoms with Crippen LogP contribution in [0.1, 0.15) is 39.7 Å². The smallest absolute Gasteiger partial charge is 0.332 e. The molecule has 1 saturated heterocycles. The monoisotopic (exact) mass is 387 g/mol. The molecule has 1 aliphatic rings. The molecule has 1 aromatic carbocycles. The second-order valence-corrected chi connectivity index (χ2v) is 7.48. The molecular formula is C21H31N4O3+. The van der Waals surface area contributed by atoms with Gasteiger partial charge in [0.25, 0.3) is 5.56 Å². The average Bonchev–Trinajstić information content (AvgIpc) is 2.73. The Morgan fingerprint density at radius 1 is 1.11 bits per heavy atom. The normalized spacial score (nSPS) is 16.5. The average molecular weight is 388 g/mol. The van der Waals surface area contributed by atoms with Gasteiger partial charge < -0.3 is 9.80 Å². The maximum atomic E-state index is 13.3. The number of nitrogens with one attached hydrogen (secondary N) is 1. The van der Waals surface area contributed by atoms with Crippen molar-refractivity contribution in [3.05, 3.63) is 45.1 Å². The highest BCUT2D eigenvalue weighted by Crippen LogP contribution is 2.19. The van der Waals surface area contributed by atoms with Gasteiger partial charge in [-0.2, -0.15) is 0 Å². The van der Waals surface area contributed by atoms with E-state index in [0.29, 0.717) is 43.4 Å². The van der Waals surface area contributed by atoms with E-state index < -0.39 is 6.04 Å². The van der Waals surface area contributed by atoms with Gasteiger partial charge in [0, 0.05) is 6.54 Å². The molecule has 1 amide bonds. The lowest BCUT2D eigenvalue weighted by atomic mass is 10.1. The molecule has 1 aromatic heterocycles. The SMILES string of the molecule is CCCn1c(=O)c2ccccc2n([C@H](CC)C(=O)N2CC[NH+](CC)CC2)c1=O. The zero-order valence-corrected chi connectivity index (χ0v) is 17.1. The molecule has 1 aliphatic heterocycles. The number of hydrogen-bond acceptors (Lipinski definition) is 3. The number of carbonyl (C=O) groups excluding carboxylic acids is 1. The largest absolute Gasteiger partial charge is 0.332 e. The lowest BCUT2D eigenvalue weighted by Gasteiger charge is -2.34. The lowest BCUT2D eigenvalue weighted by Crippen LogP contribution is -3.14. The third-order valence-electron chi connectivity index (χ3n) is 5.79. The van der Waals surface area contributed by atoms with E-state index in [4.69, 9.17) is 0 Å². The van der Waals surface area contributed by atoms with Crippen molar-refractivity contribution in [3.8, 4) is 0 Å². The second kappa shape index (κ2) is 8.73. The molecule has 0 unspecified atom stereocenters. The van der Waals surface area contributed by atoms with Crippen LogP contribution in [0.2, 0.25) is 0 Å². The number of hydrogen-bond donors (Lipinski definition) is 1. The van der Waals surface area contributed by atoms with Gasteiger partial charge in [-0.05, 0) is 31.9 Å². The molecule has 152 valence electrons. The molecule has 7 heteroatoms. The topological polar surface area (TPSA) is 68.8 Å². The van der Waals surface area contributed by atoms with Crippen molar-refractivity contribution in [2.75, 3.05) is 32.7 Å². The molecule has 1 N–H and O–H groups in total. The van der Waals surface area contributed by atoms with Crippen LogP contribution in [0.3, 0.4) is 0 Å². The molecule has 2 heterocycles. The Morgan fingerprint density at radius 2 is 1.79 bits per heavy atom. The summed E-state index contributed by atoms with van der Waals surface area (Å²) < 4.78 is 2.82. The van der Waals surface area contributed by atoms with Crippen LogP contribution >= 0.6 is 0 Å². The zero-order valence-electron chi connectivity index (χ0n) is 17.1. The quantitative estimate of drug-likeness (QED) is 0.774. The molecule has 0 aliphatic carbocycles. The summed E-state index contributed by atoms with van der Waals surface area (Å²) in [6.45, 7) is 10.7. The number of amides is 1. The van der Waals surface area contributed by atoms with E-state index in [1.165, 1.54) is 9.47 Å². The highest BCUT2D eigenvalue weighted by molar-refractivity contribution is 5.84. The van der Waals surface area contributed by atoms with Crippen molar-refractivity contribution in [2.24, 2.45) is 0 Å². The first-order valence-corrected chi connectivity index (χ1v) is 10.4. The Labute approximate surface area is 165 Å². The number of likely N-dealkylation sites (N-methyl/N-ethyl adjacent to an activating group) is 1. The third kappa shape index (κ3) is 3.63. The van der Waals surface area contributed by atoms with E-state index in [1.807, 2.05) is 24.8 Å². The van der Waals surface area contributed by atoms with Crippen LogP contribution in [0.4, 0.5) is 0 Å². The summed E-state index contributed by atoms with van der Waals surface area (Å²) in [5.41, 5.74) is -0.118. The molecule has 1 atom stereocenters. The third-order valence-corrected chi connectivity index (χ3v) is 5.79. The second-order valence-electron chi connectivity index (χ2n) is 7.48. The van der Waals surface area contributed by atoms with Crippen molar-refractivity contribution in [1.29, 1.82) is 0 Å². The van der Waals surface area contributed by atoms with Crippen molar-refractivity contribution in [3.63, 3.8) is 0 Å². The van der Waals surface area contributed by atoms with Gasteiger partial charge in [-0.25, -0.2) is 4.79 Å². The molecule has 1 fully saturated rings. The van der Waals surface area contributed by atoms with Crippen molar-refractivity contribution < 1.29 is 9.69 Å². The van der Waals surface area contributed by atoms with Crippen molar-refractivity contribution >= 4 is 16.8 Å². The van der Waals surface area contributed by atoms with Gasteiger partial charge in [-0.3, -0.25) is 18.7 Å². The zero-order chi connectivity index (χ0) is 20.3. The fourth-order valence-electron chi connectivity index (χ4n) is 4.13. The highest BCUT2D eigenvalue weighted by atomic mass is 16.2. The summed E-state index contributed by atoms with van der Waals surface area (Å²) >= 11 is 0. The Morgan fingerprint density at radius 3 is 2.39 bits per heavy atom. The number of nitrogens with zero attached hydrogens (tertiary/aromatic N) is 3. The maximum Gasteiger partial charge on any atom is 0.332 e. The summed E-state index contributed by atoms with van der Waals surface area (Å²) in [7, 11) is 0. The van der Waals surface area contributed by atoms with E-state index in [1.54, 1.807) is 22.8 Å².